The van der Waals surface area contributed by atoms with Crippen LogP contribution >= 0.6 is 11.3 Å². The van der Waals surface area contributed by atoms with E-state index < -0.39 is 84.6 Å². The smallest absolute Gasteiger partial charge is 0.369 e. The molecule has 1 aliphatic rings. The predicted octanol–water partition coefficient (Wildman–Crippen LogP) is 2.31. The molecule has 3 heterocycles. The van der Waals surface area contributed by atoms with Gasteiger partial charge in [-0.3, -0.25) is 10.1 Å². The summed E-state index contributed by atoms with van der Waals surface area (Å²) in [7, 11) is -8.23. The van der Waals surface area contributed by atoms with Crippen molar-refractivity contribution < 1.29 is 53.2 Å². The van der Waals surface area contributed by atoms with Crippen molar-refractivity contribution >= 4 is 42.3 Å². The average molecular weight is 671 g/mol. The van der Waals surface area contributed by atoms with E-state index in [0.29, 0.717) is 11.3 Å². The SMILES string of the molecule is CC(C)N(C[C@H]1CN(S(=O)(=O)c2ccc([N+](=O)[O-])s2)CCN1c1ncc(C(O)(C(F)(F)F)C(F)(F)F)cn1)S(C)(=O)=O. The number of hydrogen-bond acceptors (Lipinski definition) is 11. The summed E-state index contributed by atoms with van der Waals surface area (Å²) in [5, 5.41) is 20.2. The Morgan fingerprint density at radius 2 is 1.64 bits per heavy atom. The predicted molar refractivity (Wildman–Crippen MR) is 136 cm³/mol. The standard InChI is InChI=1S/C20H24F6N6O7S3/c1-12(2)31(41(3,36)37)11-14-10-29(42(38,39)16-5-4-15(40-16)32(34)35)6-7-30(14)17-27-8-13(9-28-17)18(33,19(21,22)23)20(24,25)26/h4-5,8-9,12,14,33H,6-7,10-11H2,1-3H3/t14-/m1/s1. The number of anilines is 1. The van der Waals surface area contributed by atoms with E-state index in [1.807, 2.05) is 0 Å². The van der Waals surface area contributed by atoms with Crippen LogP contribution in [0.5, 0.6) is 0 Å². The van der Waals surface area contributed by atoms with Crippen molar-refractivity contribution in [3.8, 4) is 0 Å². The maximum Gasteiger partial charge on any atom is 0.430 e. The number of aliphatic hydroxyl groups is 1. The van der Waals surface area contributed by atoms with Gasteiger partial charge in [-0.25, -0.2) is 26.8 Å². The first-order chi connectivity index (χ1) is 19.0. The van der Waals surface area contributed by atoms with Crippen LogP contribution in [0.4, 0.5) is 37.3 Å². The van der Waals surface area contributed by atoms with Gasteiger partial charge in [0.25, 0.3) is 15.6 Å². The van der Waals surface area contributed by atoms with E-state index in [4.69, 9.17) is 0 Å². The van der Waals surface area contributed by atoms with E-state index in [0.717, 1.165) is 27.0 Å². The Balaban J connectivity index is 2.03. The number of rotatable bonds is 9. The highest BCUT2D eigenvalue weighted by Crippen LogP contribution is 2.49. The Labute approximate surface area is 239 Å². The van der Waals surface area contributed by atoms with E-state index in [1.165, 1.54) is 18.7 Å². The Bertz CT molecular complexity index is 1500. The Morgan fingerprint density at radius 1 is 1.10 bits per heavy atom. The fourth-order valence-corrected chi connectivity index (χ4v) is 8.16. The monoisotopic (exact) mass is 670 g/mol. The highest BCUT2D eigenvalue weighted by atomic mass is 32.2. The van der Waals surface area contributed by atoms with Crippen LogP contribution in [0.2, 0.25) is 0 Å². The van der Waals surface area contributed by atoms with Gasteiger partial charge < -0.3 is 10.0 Å². The molecule has 2 aromatic heterocycles. The zero-order chi connectivity index (χ0) is 32.1. The number of halogens is 6. The van der Waals surface area contributed by atoms with Crippen molar-refractivity contribution in [3.05, 3.63) is 40.2 Å². The summed E-state index contributed by atoms with van der Waals surface area (Å²) < 4.78 is 133. The van der Waals surface area contributed by atoms with Crippen LogP contribution in [0.15, 0.2) is 28.7 Å². The normalized spacial score (nSPS) is 18.2. The third-order valence-corrected chi connectivity index (χ3v) is 11.1. The van der Waals surface area contributed by atoms with E-state index in [-0.39, 0.29) is 29.7 Å². The first-order valence-electron chi connectivity index (χ1n) is 11.7. The molecule has 1 fully saturated rings. The minimum atomic E-state index is -6.18. The average Bonchev–Trinajstić information content (AvgIpc) is 3.36. The van der Waals surface area contributed by atoms with Crippen LogP contribution in [-0.2, 0) is 25.6 Å². The van der Waals surface area contributed by atoms with Gasteiger partial charge in [0, 0.05) is 56.2 Å². The number of nitrogens with zero attached hydrogens (tertiary/aromatic N) is 6. The number of sulfonamides is 2. The van der Waals surface area contributed by atoms with Crippen LogP contribution in [0.3, 0.4) is 0 Å². The second-order valence-electron chi connectivity index (χ2n) is 9.46. The lowest BCUT2D eigenvalue weighted by molar-refractivity contribution is -0.380. The first-order valence-corrected chi connectivity index (χ1v) is 15.8. The van der Waals surface area contributed by atoms with Crippen LogP contribution in [0.25, 0.3) is 0 Å². The number of nitro groups is 1. The van der Waals surface area contributed by atoms with E-state index in [1.54, 1.807) is 0 Å². The van der Waals surface area contributed by atoms with Crippen molar-refractivity contribution in [1.82, 2.24) is 18.6 Å². The minimum absolute atomic E-state index is 0.130. The third kappa shape index (κ3) is 6.46. The van der Waals surface area contributed by atoms with Gasteiger partial charge >= 0.3 is 17.4 Å². The molecule has 1 N–H and O–H groups in total. The lowest BCUT2D eigenvalue weighted by Gasteiger charge is -2.42. The summed E-state index contributed by atoms with van der Waals surface area (Å²) in [5.74, 6) is -0.462. The van der Waals surface area contributed by atoms with Crippen molar-refractivity contribution in [2.75, 3.05) is 37.3 Å². The van der Waals surface area contributed by atoms with E-state index in [2.05, 4.69) is 9.97 Å². The largest absolute Gasteiger partial charge is 0.430 e. The topological polar surface area (TPSA) is 167 Å². The van der Waals surface area contributed by atoms with Gasteiger partial charge in [-0.2, -0.15) is 35.0 Å². The minimum Gasteiger partial charge on any atom is -0.369 e. The number of piperazine rings is 1. The molecule has 22 heteroatoms. The molecule has 0 saturated carbocycles. The molecule has 0 bridgehead atoms. The summed E-state index contributed by atoms with van der Waals surface area (Å²) in [4.78, 5) is 18.6. The van der Waals surface area contributed by atoms with Crippen molar-refractivity contribution in [1.29, 1.82) is 0 Å². The lowest BCUT2D eigenvalue weighted by atomic mass is 9.95. The zero-order valence-corrected chi connectivity index (χ0v) is 24.3. The molecule has 0 spiro atoms. The molecule has 13 nitrogen and oxygen atoms in total. The molecule has 1 aliphatic heterocycles. The van der Waals surface area contributed by atoms with Gasteiger partial charge in [-0.15, -0.1) is 0 Å². The molecule has 0 amide bonds. The van der Waals surface area contributed by atoms with Crippen LogP contribution in [0, 0.1) is 10.1 Å². The molecule has 0 aliphatic carbocycles. The Kier molecular flexibility index (Phi) is 9.22. The summed E-state index contributed by atoms with van der Waals surface area (Å²) in [5.41, 5.74) is -7.00. The maximum absolute atomic E-state index is 13.3. The second kappa shape index (κ2) is 11.4. The lowest BCUT2D eigenvalue weighted by Crippen LogP contribution is -2.59. The van der Waals surface area contributed by atoms with E-state index in [9.17, 15) is 58.4 Å². The molecule has 0 radical (unpaired) electrons. The fraction of sp³-hybridized carbons (Fsp3) is 0.600. The van der Waals surface area contributed by atoms with Crippen molar-refractivity contribution in [2.45, 2.75) is 48.1 Å². The molecule has 1 saturated heterocycles. The highest BCUT2D eigenvalue weighted by Gasteiger charge is 2.71. The molecule has 0 unspecified atom stereocenters. The number of hydrogen-bond donors (Lipinski definition) is 1. The van der Waals surface area contributed by atoms with Crippen LogP contribution in [-0.4, -0.2) is 102 Å². The van der Waals surface area contributed by atoms with Crippen LogP contribution < -0.4 is 4.90 Å². The summed E-state index contributed by atoms with van der Waals surface area (Å²) >= 11 is 0.390. The molecular weight excluding hydrogens is 646 g/mol. The zero-order valence-electron chi connectivity index (χ0n) is 21.9. The Morgan fingerprint density at radius 3 is 2.07 bits per heavy atom. The summed E-state index contributed by atoms with van der Waals surface area (Å²) in [6.07, 6.45) is -11.2. The fourth-order valence-electron chi connectivity index (χ4n) is 4.22. The van der Waals surface area contributed by atoms with Gasteiger partial charge in [0.15, 0.2) is 0 Å². The van der Waals surface area contributed by atoms with Gasteiger partial charge in [0.2, 0.25) is 16.0 Å². The summed E-state index contributed by atoms with van der Waals surface area (Å²) in [6.45, 7) is 1.57. The van der Waals surface area contributed by atoms with Crippen molar-refractivity contribution in [3.63, 3.8) is 0 Å². The number of thiophene rings is 1. The molecule has 3 rings (SSSR count). The van der Waals surface area contributed by atoms with Gasteiger partial charge in [-0.1, -0.05) is 0 Å². The molecule has 236 valence electrons. The third-order valence-electron chi connectivity index (χ3n) is 6.31. The van der Waals surface area contributed by atoms with Crippen LogP contribution in [0.1, 0.15) is 19.4 Å². The molecule has 2 aromatic rings. The second-order valence-corrected chi connectivity index (χ2v) is 14.6. The first kappa shape index (κ1) is 33.8. The highest BCUT2D eigenvalue weighted by molar-refractivity contribution is 7.91. The number of aromatic nitrogens is 2. The molecule has 1 atom stereocenters. The summed E-state index contributed by atoms with van der Waals surface area (Å²) in [6, 6.07) is 0.260. The van der Waals surface area contributed by atoms with Gasteiger partial charge in [-0.05, 0) is 31.3 Å². The maximum atomic E-state index is 13.3. The molecular formula is C20H24F6N6O7S3. The van der Waals surface area contributed by atoms with Gasteiger partial charge in [0.1, 0.15) is 4.21 Å². The van der Waals surface area contributed by atoms with E-state index >= 15 is 0 Å². The molecule has 0 aromatic carbocycles. The molecule has 42 heavy (non-hydrogen) atoms. The van der Waals surface area contributed by atoms with Crippen molar-refractivity contribution in [2.24, 2.45) is 0 Å². The number of alkyl halides is 6. The Hall–Kier alpha value is -2.66. The quantitative estimate of drug-likeness (QED) is 0.238. The van der Waals surface area contributed by atoms with Gasteiger partial charge in [0.05, 0.1) is 17.2 Å².